The average molecular weight is 489 g/mol. The number of halogens is 2. The lowest BCUT2D eigenvalue weighted by molar-refractivity contribution is -0.147. The summed E-state index contributed by atoms with van der Waals surface area (Å²) in [6.45, 7) is -1.28. The number of amides is 4. The minimum absolute atomic E-state index is 0.0124. The predicted molar refractivity (Wildman–Crippen MR) is 120 cm³/mol. The molecule has 1 fully saturated rings. The van der Waals surface area contributed by atoms with E-state index in [1.807, 2.05) is 0 Å². The van der Waals surface area contributed by atoms with Gasteiger partial charge in [-0.2, -0.15) is 5.10 Å². The van der Waals surface area contributed by atoms with Gasteiger partial charge in [0.05, 0.1) is 19.1 Å². The molecule has 1 aromatic rings. The number of benzene rings is 1. The number of aliphatic hydroxyl groups is 1. The van der Waals surface area contributed by atoms with Crippen molar-refractivity contribution in [1.29, 1.82) is 0 Å². The van der Waals surface area contributed by atoms with Crippen LogP contribution >= 0.6 is 0 Å². The topological polar surface area (TPSA) is 140 Å². The van der Waals surface area contributed by atoms with Gasteiger partial charge >= 0.3 is 0 Å². The lowest BCUT2D eigenvalue weighted by Gasteiger charge is -2.30. The quantitative estimate of drug-likeness (QED) is 0.359. The maximum Gasteiger partial charge on any atom is 0.267 e. The number of carbonyl (C=O) groups excluding carboxylic acids is 4. The Morgan fingerprint density at radius 1 is 1.29 bits per heavy atom. The van der Waals surface area contributed by atoms with Crippen molar-refractivity contribution in [3.63, 3.8) is 0 Å². The van der Waals surface area contributed by atoms with Crippen LogP contribution in [0.2, 0.25) is 0 Å². The first kappa shape index (κ1) is 25.8. The van der Waals surface area contributed by atoms with E-state index in [-0.39, 0.29) is 37.4 Å². The average Bonchev–Trinajstić information content (AvgIpc) is 3.17. The van der Waals surface area contributed by atoms with Crippen LogP contribution in [-0.4, -0.2) is 76.5 Å². The van der Waals surface area contributed by atoms with E-state index in [0.717, 1.165) is 0 Å². The zero-order chi connectivity index (χ0) is 25.6. The Kier molecular flexibility index (Phi) is 8.14. The van der Waals surface area contributed by atoms with Gasteiger partial charge in [0.1, 0.15) is 11.8 Å². The van der Waals surface area contributed by atoms with Crippen LogP contribution in [0.4, 0.5) is 8.78 Å². The van der Waals surface area contributed by atoms with E-state index in [9.17, 15) is 33.1 Å². The second-order valence-electron chi connectivity index (χ2n) is 8.27. The van der Waals surface area contributed by atoms with Crippen molar-refractivity contribution in [1.82, 2.24) is 21.0 Å². The molecule has 0 radical (unpaired) electrons. The summed E-state index contributed by atoms with van der Waals surface area (Å²) < 4.78 is 28.3. The minimum Gasteiger partial charge on any atom is -0.381 e. The van der Waals surface area contributed by atoms with Crippen molar-refractivity contribution in [3.8, 4) is 12.3 Å². The number of nitrogens with one attached hydrogen (secondary N) is 3. The summed E-state index contributed by atoms with van der Waals surface area (Å²) in [5, 5.41) is 19.4. The van der Waals surface area contributed by atoms with Crippen molar-refractivity contribution >= 4 is 29.3 Å². The zero-order valence-corrected chi connectivity index (χ0v) is 18.7. The standard InChI is InChI=1S/C23H25F2N5O5/c1-2-10-26-21(34)17-12-23(24,25)13-30(17)22(35)19(32)16(11-14-6-4-3-5-7-14)27-20(33)15-8-9-18(31)29-28-15/h1,3-7,16-17,19,32H,8-13H2,(H,26,34)(H,27,33)(H,29,31). The Morgan fingerprint density at radius 2 is 2.00 bits per heavy atom. The van der Waals surface area contributed by atoms with Crippen LogP contribution in [0.15, 0.2) is 35.4 Å². The molecule has 186 valence electrons. The van der Waals surface area contributed by atoms with Gasteiger partial charge in [-0.1, -0.05) is 36.3 Å². The maximum absolute atomic E-state index is 14.2. The third-order valence-electron chi connectivity index (χ3n) is 5.64. The molecule has 4 N–H and O–H groups in total. The summed E-state index contributed by atoms with van der Waals surface area (Å²) in [7, 11) is 0. The normalized spacial score (nSPS) is 20.6. The van der Waals surface area contributed by atoms with E-state index in [0.29, 0.717) is 10.5 Å². The lowest BCUT2D eigenvalue weighted by Crippen LogP contribution is -2.56. The number of alkyl halides is 2. The molecule has 0 aliphatic carbocycles. The molecular weight excluding hydrogens is 464 g/mol. The van der Waals surface area contributed by atoms with Crippen LogP contribution < -0.4 is 16.1 Å². The number of terminal acetylenes is 1. The zero-order valence-electron chi connectivity index (χ0n) is 18.7. The van der Waals surface area contributed by atoms with E-state index in [1.54, 1.807) is 30.3 Å². The summed E-state index contributed by atoms with van der Waals surface area (Å²) in [6.07, 6.45) is 2.29. The number of carbonyl (C=O) groups is 4. The van der Waals surface area contributed by atoms with Crippen molar-refractivity contribution in [2.75, 3.05) is 13.1 Å². The molecule has 0 spiro atoms. The number of aliphatic hydroxyl groups excluding tert-OH is 1. The van der Waals surface area contributed by atoms with Gasteiger partial charge in [0.15, 0.2) is 6.10 Å². The van der Waals surface area contributed by atoms with Crippen molar-refractivity contribution < 1.29 is 33.1 Å². The molecule has 35 heavy (non-hydrogen) atoms. The van der Waals surface area contributed by atoms with Gasteiger partial charge in [0, 0.05) is 19.3 Å². The highest BCUT2D eigenvalue weighted by atomic mass is 19.3. The molecule has 0 aromatic heterocycles. The Balaban J connectivity index is 1.82. The van der Waals surface area contributed by atoms with E-state index in [1.165, 1.54) is 0 Å². The van der Waals surface area contributed by atoms with E-state index in [4.69, 9.17) is 6.42 Å². The molecule has 3 atom stereocenters. The number of hydrogen-bond donors (Lipinski definition) is 4. The van der Waals surface area contributed by atoms with Crippen molar-refractivity contribution in [2.45, 2.75) is 49.8 Å². The molecular formula is C23H25F2N5O5. The monoisotopic (exact) mass is 489 g/mol. The van der Waals surface area contributed by atoms with Gasteiger partial charge in [-0.25, -0.2) is 14.2 Å². The highest BCUT2D eigenvalue weighted by Crippen LogP contribution is 2.33. The third kappa shape index (κ3) is 6.60. The number of hydrazone groups is 1. The Labute approximate surface area is 200 Å². The van der Waals surface area contributed by atoms with Gasteiger partial charge < -0.3 is 20.6 Å². The lowest BCUT2D eigenvalue weighted by atomic mass is 9.99. The first-order valence-corrected chi connectivity index (χ1v) is 10.9. The Morgan fingerprint density at radius 3 is 2.63 bits per heavy atom. The third-order valence-corrected chi connectivity index (χ3v) is 5.64. The molecule has 0 bridgehead atoms. The van der Waals surface area contributed by atoms with E-state index < -0.39 is 54.8 Å². The van der Waals surface area contributed by atoms with Crippen molar-refractivity contribution in [3.05, 3.63) is 35.9 Å². The molecule has 3 unspecified atom stereocenters. The van der Waals surface area contributed by atoms with Gasteiger partial charge in [0.2, 0.25) is 11.8 Å². The maximum atomic E-state index is 14.2. The minimum atomic E-state index is -3.35. The SMILES string of the molecule is C#CCNC(=O)C1CC(F)(F)CN1C(=O)C(O)C(Cc1ccccc1)NC(=O)C1=NNC(=O)CC1. The van der Waals surface area contributed by atoms with Crippen LogP contribution in [-0.2, 0) is 25.6 Å². The van der Waals surface area contributed by atoms with Gasteiger partial charge in [-0.15, -0.1) is 6.42 Å². The molecule has 1 aromatic carbocycles. The fourth-order valence-corrected chi connectivity index (χ4v) is 3.88. The Hall–Kier alpha value is -3.85. The number of hydrogen-bond acceptors (Lipinski definition) is 6. The van der Waals surface area contributed by atoms with Crippen LogP contribution in [0.25, 0.3) is 0 Å². The molecule has 2 aliphatic rings. The molecule has 10 nitrogen and oxygen atoms in total. The molecule has 4 amide bonds. The number of likely N-dealkylation sites (tertiary alicyclic amines) is 1. The first-order valence-electron chi connectivity index (χ1n) is 10.9. The molecule has 1 saturated heterocycles. The van der Waals surface area contributed by atoms with Crippen LogP contribution in [0.1, 0.15) is 24.8 Å². The van der Waals surface area contributed by atoms with Gasteiger partial charge in [-0.05, 0) is 12.0 Å². The van der Waals surface area contributed by atoms with E-state index in [2.05, 4.69) is 27.1 Å². The van der Waals surface area contributed by atoms with Gasteiger partial charge in [0.25, 0.3) is 17.7 Å². The summed E-state index contributed by atoms with van der Waals surface area (Å²) in [5.41, 5.74) is 2.82. The van der Waals surface area contributed by atoms with Crippen molar-refractivity contribution in [2.24, 2.45) is 5.10 Å². The molecule has 2 aliphatic heterocycles. The molecule has 0 saturated carbocycles. The molecule has 12 heteroatoms. The predicted octanol–water partition coefficient (Wildman–Crippen LogP) is -0.674. The fourth-order valence-electron chi connectivity index (χ4n) is 3.88. The Bertz CT molecular complexity index is 1060. The molecule has 2 heterocycles. The summed E-state index contributed by atoms with van der Waals surface area (Å²) in [5.74, 6) is -4.28. The molecule has 3 rings (SSSR count). The number of rotatable bonds is 8. The number of nitrogens with zero attached hydrogens (tertiary/aromatic N) is 2. The van der Waals surface area contributed by atoms with Gasteiger partial charge in [-0.3, -0.25) is 19.2 Å². The van der Waals surface area contributed by atoms with Crippen LogP contribution in [0, 0.1) is 12.3 Å². The summed E-state index contributed by atoms with van der Waals surface area (Å²) >= 11 is 0. The fraction of sp³-hybridized carbons (Fsp3) is 0.435. The van der Waals surface area contributed by atoms with Crippen LogP contribution in [0.3, 0.4) is 0 Å². The smallest absolute Gasteiger partial charge is 0.267 e. The second kappa shape index (κ2) is 11.1. The summed E-state index contributed by atoms with van der Waals surface area (Å²) in [4.78, 5) is 50.1. The second-order valence-corrected chi connectivity index (χ2v) is 8.27. The first-order chi connectivity index (χ1) is 16.6. The summed E-state index contributed by atoms with van der Waals surface area (Å²) in [6, 6.07) is 5.83. The van der Waals surface area contributed by atoms with E-state index >= 15 is 0 Å². The largest absolute Gasteiger partial charge is 0.381 e. The highest BCUT2D eigenvalue weighted by molar-refractivity contribution is 6.39. The van der Waals surface area contributed by atoms with Crippen LogP contribution in [0.5, 0.6) is 0 Å². The highest BCUT2D eigenvalue weighted by Gasteiger charge is 2.51.